The van der Waals surface area contributed by atoms with Crippen molar-refractivity contribution in [1.82, 2.24) is 9.97 Å². The van der Waals surface area contributed by atoms with Crippen LogP contribution in [0.25, 0.3) is 11.3 Å². The highest BCUT2D eigenvalue weighted by molar-refractivity contribution is 5.91. The molecule has 0 bridgehead atoms. The van der Waals surface area contributed by atoms with Gasteiger partial charge in [-0.25, -0.2) is 9.78 Å². The smallest absolute Gasteiger partial charge is 0.495 e. The van der Waals surface area contributed by atoms with Gasteiger partial charge in [0.15, 0.2) is 0 Å². The van der Waals surface area contributed by atoms with Crippen LogP contribution in [-0.4, -0.2) is 43.1 Å². The zero-order valence-electron chi connectivity index (χ0n) is 18.0. The van der Waals surface area contributed by atoms with E-state index in [0.717, 1.165) is 0 Å². The van der Waals surface area contributed by atoms with Gasteiger partial charge in [0.25, 0.3) is 0 Å². The van der Waals surface area contributed by atoms with Crippen molar-refractivity contribution in [3.8, 4) is 22.8 Å². The number of nitrogens with one attached hydrogen (secondary N) is 2. The predicted molar refractivity (Wildman–Crippen MR) is 116 cm³/mol. The van der Waals surface area contributed by atoms with E-state index in [0.29, 0.717) is 40.6 Å². The summed E-state index contributed by atoms with van der Waals surface area (Å²) in [5.41, 5.74) is 1.46. The number of anilines is 3. The second-order valence-corrected chi connectivity index (χ2v) is 6.60. The minimum Gasteiger partial charge on any atom is -0.495 e. The Hall–Kier alpha value is -4.02. The molecule has 2 N–H and O–H groups in total. The largest absolute Gasteiger partial charge is 0.573 e. The molecule has 0 fully saturated rings. The summed E-state index contributed by atoms with van der Waals surface area (Å²) in [7, 11) is 2.75. The molecule has 0 radical (unpaired) electrons. The van der Waals surface area contributed by atoms with E-state index in [1.165, 1.54) is 38.5 Å². The minimum atomic E-state index is -4.81. The van der Waals surface area contributed by atoms with Crippen molar-refractivity contribution in [2.24, 2.45) is 0 Å². The molecule has 0 aliphatic carbocycles. The highest BCUT2D eigenvalue weighted by Crippen LogP contribution is 2.32. The van der Waals surface area contributed by atoms with Crippen LogP contribution in [0.5, 0.6) is 11.5 Å². The molecule has 1 aromatic heterocycles. The molecule has 3 rings (SSSR count). The maximum absolute atomic E-state index is 12.6. The van der Waals surface area contributed by atoms with Gasteiger partial charge in [-0.05, 0) is 37.3 Å². The van der Waals surface area contributed by atoms with Crippen LogP contribution in [-0.2, 0) is 4.74 Å². The standard InChI is InChI=1S/C22H21F3N4O4/c1-4-26-21-28-16(13-6-5-7-15(10-13)33-22(23,24)25)12-19(29-21)27-17-11-14(20(30)32-3)8-9-18(17)31-2/h5-12H,4H2,1-3H3,(H2,26,27,28,29). The number of ether oxygens (including phenoxy) is 3. The molecular weight excluding hydrogens is 441 g/mol. The van der Waals surface area contributed by atoms with Crippen LogP contribution in [0.3, 0.4) is 0 Å². The molecule has 0 saturated carbocycles. The fourth-order valence-corrected chi connectivity index (χ4v) is 2.94. The SMILES string of the molecule is CCNc1nc(Nc2cc(C(=O)OC)ccc2OC)cc(-c2cccc(OC(F)(F)F)c2)n1. The fourth-order valence-electron chi connectivity index (χ4n) is 2.94. The molecule has 0 spiro atoms. The summed E-state index contributed by atoms with van der Waals surface area (Å²) in [6, 6.07) is 11.7. The number of carbonyl (C=O) groups excluding carboxylic acids is 1. The highest BCUT2D eigenvalue weighted by atomic mass is 19.4. The van der Waals surface area contributed by atoms with Crippen LogP contribution in [0.1, 0.15) is 17.3 Å². The lowest BCUT2D eigenvalue weighted by molar-refractivity contribution is -0.274. The fraction of sp³-hybridized carbons (Fsp3) is 0.227. The molecule has 0 aliphatic rings. The van der Waals surface area contributed by atoms with Crippen LogP contribution in [0, 0.1) is 0 Å². The number of esters is 1. The second-order valence-electron chi connectivity index (χ2n) is 6.60. The predicted octanol–water partition coefficient (Wildman–Crippen LogP) is 5.01. The van der Waals surface area contributed by atoms with Crippen molar-refractivity contribution in [2.45, 2.75) is 13.3 Å². The number of rotatable bonds is 8. The van der Waals surface area contributed by atoms with Gasteiger partial charge in [0.05, 0.1) is 31.2 Å². The first-order chi connectivity index (χ1) is 15.7. The molecule has 0 aliphatic heterocycles. The van der Waals surface area contributed by atoms with E-state index in [1.54, 1.807) is 24.3 Å². The summed E-state index contributed by atoms with van der Waals surface area (Å²) in [6.07, 6.45) is -4.81. The molecule has 0 unspecified atom stereocenters. The molecule has 1 heterocycles. The zero-order valence-corrected chi connectivity index (χ0v) is 18.0. The van der Waals surface area contributed by atoms with Gasteiger partial charge < -0.3 is 24.8 Å². The van der Waals surface area contributed by atoms with Crippen molar-refractivity contribution in [3.05, 3.63) is 54.1 Å². The van der Waals surface area contributed by atoms with E-state index in [4.69, 9.17) is 9.47 Å². The van der Waals surface area contributed by atoms with Gasteiger partial charge in [-0.15, -0.1) is 13.2 Å². The Morgan fingerprint density at radius 3 is 2.52 bits per heavy atom. The van der Waals surface area contributed by atoms with Crippen LogP contribution in [0.4, 0.5) is 30.6 Å². The van der Waals surface area contributed by atoms with Crippen molar-refractivity contribution >= 4 is 23.4 Å². The summed E-state index contributed by atoms with van der Waals surface area (Å²) in [4.78, 5) is 20.7. The minimum absolute atomic E-state index is 0.253. The van der Waals surface area contributed by atoms with Gasteiger partial charge >= 0.3 is 12.3 Å². The van der Waals surface area contributed by atoms with Gasteiger partial charge in [0.2, 0.25) is 5.95 Å². The lowest BCUT2D eigenvalue weighted by Gasteiger charge is -2.14. The van der Waals surface area contributed by atoms with Crippen LogP contribution < -0.4 is 20.1 Å². The monoisotopic (exact) mass is 462 g/mol. The maximum Gasteiger partial charge on any atom is 0.573 e. The normalized spacial score (nSPS) is 11.0. The number of aromatic nitrogens is 2. The molecule has 8 nitrogen and oxygen atoms in total. The second kappa shape index (κ2) is 10.1. The van der Waals surface area contributed by atoms with E-state index < -0.39 is 12.3 Å². The molecule has 3 aromatic rings. The quantitative estimate of drug-likeness (QED) is 0.451. The van der Waals surface area contributed by atoms with Crippen molar-refractivity contribution < 1.29 is 32.2 Å². The molecule has 0 saturated heterocycles. The molecule has 11 heteroatoms. The van der Waals surface area contributed by atoms with E-state index in [1.807, 2.05) is 6.92 Å². The van der Waals surface area contributed by atoms with Crippen molar-refractivity contribution in [1.29, 1.82) is 0 Å². The lowest BCUT2D eigenvalue weighted by Crippen LogP contribution is -2.17. The zero-order chi connectivity index (χ0) is 24.0. The molecule has 33 heavy (non-hydrogen) atoms. The summed E-state index contributed by atoms with van der Waals surface area (Å²) < 4.78 is 52.0. The van der Waals surface area contributed by atoms with E-state index >= 15 is 0 Å². The van der Waals surface area contributed by atoms with Gasteiger partial charge in [0, 0.05) is 18.2 Å². The summed E-state index contributed by atoms with van der Waals surface area (Å²) in [5, 5.41) is 6.05. The Morgan fingerprint density at radius 1 is 1.06 bits per heavy atom. The molecule has 174 valence electrons. The maximum atomic E-state index is 12.6. The van der Waals surface area contributed by atoms with Crippen LogP contribution in [0.2, 0.25) is 0 Å². The summed E-state index contributed by atoms with van der Waals surface area (Å²) in [5.74, 6) is 0.110. The van der Waals surface area contributed by atoms with Gasteiger partial charge in [0.1, 0.15) is 17.3 Å². The van der Waals surface area contributed by atoms with E-state index in [9.17, 15) is 18.0 Å². The molecule has 0 amide bonds. The number of carbonyl (C=O) groups is 1. The number of hydrogen-bond donors (Lipinski definition) is 2. The highest BCUT2D eigenvalue weighted by Gasteiger charge is 2.31. The van der Waals surface area contributed by atoms with Gasteiger partial charge in [-0.1, -0.05) is 12.1 Å². The molecule has 2 aromatic carbocycles. The Kier molecular flexibility index (Phi) is 7.21. The van der Waals surface area contributed by atoms with Gasteiger partial charge in [-0.3, -0.25) is 0 Å². The third-order valence-electron chi connectivity index (χ3n) is 4.31. The average Bonchev–Trinajstić information content (AvgIpc) is 2.77. The Labute approximate surface area is 187 Å². The summed E-state index contributed by atoms with van der Waals surface area (Å²) >= 11 is 0. The first kappa shape index (κ1) is 23.6. The number of methoxy groups -OCH3 is 2. The van der Waals surface area contributed by atoms with Crippen molar-refractivity contribution in [3.63, 3.8) is 0 Å². The summed E-state index contributed by atoms with van der Waals surface area (Å²) in [6.45, 7) is 2.37. The average molecular weight is 462 g/mol. The third kappa shape index (κ3) is 6.25. The van der Waals surface area contributed by atoms with Crippen molar-refractivity contribution in [2.75, 3.05) is 31.4 Å². The van der Waals surface area contributed by atoms with Crippen LogP contribution >= 0.6 is 0 Å². The van der Waals surface area contributed by atoms with Crippen LogP contribution in [0.15, 0.2) is 48.5 Å². The molecule has 0 atom stereocenters. The Morgan fingerprint density at radius 2 is 1.85 bits per heavy atom. The Balaban J connectivity index is 2.01. The van der Waals surface area contributed by atoms with Gasteiger partial charge in [-0.2, -0.15) is 4.98 Å². The topological polar surface area (TPSA) is 94.6 Å². The third-order valence-corrected chi connectivity index (χ3v) is 4.31. The first-order valence-corrected chi connectivity index (χ1v) is 9.75. The Bertz CT molecular complexity index is 1140. The first-order valence-electron chi connectivity index (χ1n) is 9.75. The molecular formula is C22H21F3N4O4. The lowest BCUT2D eigenvalue weighted by atomic mass is 10.1. The number of hydrogen-bond acceptors (Lipinski definition) is 8. The number of nitrogens with zero attached hydrogens (tertiary/aromatic N) is 2. The number of halogens is 3. The van der Waals surface area contributed by atoms with E-state index in [2.05, 4.69) is 25.3 Å². The van der Waals surface area contributed by atoms with E-state index in [-0.39, 0.29) is 11.7 Å². The number of benzene rings is 2. The number of alkyl halides is 3.